The van der Waals surface area contributed by atoms with Crippen molar-refractivity contribution >= 4 is 11.6 Å². The largest absolute Gasteiger partial charge is 0.261 e. The highest BCUT2D eigenvalue weighted by Crippen LogP contribution is 2.34. The Hall–Kier alpha value is -2.81. The first-order valence-corrected chi connectivity index (χ1v) is 7.91. The van der Waals surface area contributed by atoms with E-state index < -0.39 is 0 Å². The molecule has 118 valence electrons. The second kappa shape index (κ2) is 6.00. The summed E-state index contributed by atoms with van der Waals surface area (Å²) in [5.74, 6) is -0.489. The van der Waals surface area contributed by atoms with Gasteiger partial charge in [0.25, 0.3) is 0 Å². The molecule has 0 N–H and O–H groups in total. The van der Waals surface area contributed by atoms with Crippen LogP contribution in [0.2, 0.25) is 0 Å². The van der Waals surface area contributed by atoms with Crippen LogP contribution in [0.1, 0.15) is 27.9 Å². The van der Waals surface area contributed by atoms with E-state index >= 15 is 0 Å². The maximum absolute atomic E-state index is 13.7. The zero-order chi connectivity index (χ0) is 16.5. The summed E-state index contributed by atoms with van der Waals surface area (Å²) >= 11 is 0. The number of rotatable bonds is 1. The van der Waals surface area contributed by atoms with Gasteiger partial charge in [0.15, 0.2) is 0 Å². The number of pyridine rings is 1. The fraction of sp³-hybridized carbons (Fsp3) is 0.0952. The number of benzene rings is 2. The van der Waals surface area contributed by atoms with Gasteiger partial charge < -0.3 is 0 Å². The van der Waals surface area contributed by atoms with Crippen LogP contribution in [0.4, 0.5) is 8.78 Å². The van der Waals surface area contributed by atoms with Gasteiger partial charge >= 0.3 is 0 Å². The Morgan fingerprint density at radius 2 is 1.62 bits per heavy atom. The van der Waals surface area contributed by atoms with Crippen molar-refractivity contribution in [2.24, 2.45) is 0 Å². The summed E-state index contributed by atoms with van der Waals surface area (Å²) in [6, 6.07) is 15.2. The van der Waals surface area contributed by atoms with E-state index in [1.807, 2.05) is 24.3 Å². The molecule has 0 spiro atoms. The molecule has 1 aliphatic carbocycles. The molecule has 0 saturated carbocycles. The van der Waals surface area contributed by atoms with Crippen molar-refractivity contribution in [1.82, 2.24) is 4.98 Å². The summed E-state index contributed by atoms with van der Waals surface area (Å²) in [5.41, 5.74) is 5.93. The molecule has 3 heteroatoms. The van der Waals surface area contributed by atoms with Gasteiger partial charge in [-0.15, -0.1) is 0 Å². The van der Waals surface area contributed by atoms with E-state index in [0.717, 1.165) is 46.4 Å². The van der Waals surface area contributed by atoms with Crippen molar-refractivity contribution in [3.63, 3.8) is 0 Å². The molecule has 3 aromatic rings. The van der Waals surface area contributed by atoms with Crippen molar-refractivity contribution in [1.29, 1.82) is 0 Å². The van der Waals surface area contributed by atoms with Gasteiger partial charge in [0.05, 0.1) is 0 Å². The van der Waals surface area contributed by atoms with Crippen LogP contribution in [0.25, 0.3) is 11.6 Å². The molecule has 0 radical (unpaired) electrons. The molecule has 1 heterocycles. The van der Waals surface area contributed by atoms with Crippen molar-refractivity contribution in [3.05, 3.63) is 100 Å². The third kappa shape index (κ3) is 2.73. The van der Waals surface area contributed by atoms with Gasteiger partial charge in [-0.2, -0.15) is 0 Å². The molecule has 0 amide bonds. The summed E-state index contributed by atoms with van der Waals surface area (Å²) in [6.45, 7) is 0. The van der Waals surface area contributed by atoms with Gasteiger partial charge in [-0.3, -0.25) is 4.98 Å². The first-order chi connectivity index (χ1) is 11.7. The summed E-state index contributed by atoms with van der Waals surface area (Å²) in [4.78, 5) is 4.50. The van der Waals surface area contributed by atoms with Gasteiger partial charge in [-0.25, -0.2) is 8.78 Å². The predicted octanol–water partition coefficient (Wildman–Crippen LogP) is 5.05. The number of halogens is 2. The van der Waals surface area contributed by atoms with Crippen LogP contribution in [0, 0.1) is 11.6 Å². The summed E-state index contributed by atoms with van der Waals surface area (Å²) < 4.78 is 26.9. The maximum atomic E-state index is 13.7. The quantitative estimate of drug-likeness (QED) is 0.612. The van der Waals surface area contributed by atoms with E-state index in [9.17, 15) is 8.78 Å². The van der Waals surface area contributed by atoms with Crippen LogP contribution in [-0.2, 0) is 12.8 Å². The zero-order valence-electron chi connectivity index (χ0n) is 13.0. The second-order valence-corrected chi connectivity index (χ2v) is 5.91. The Morgan fingerprint density at radius 3 is 2.46 bits per heavy atom. The lowest BCUT2D eigenvalue weighted by atomic mass is 9.93. The molecule has 24 heavy (non-hydrogen) atoms. The number of fused-ring (bicyclic) bond motifs is 2. The summed E-state index contributed by atoms with van der Waals surface area (Å²) in [5, 5.41) is 0. The van der Waals surface area contributed by atoms with Gasteiger partial charge in [0, 0.05) is 17.5 Å². The first kappa shape index (κ1) is 14.8. The molecule has 0 fully saturated rings. The smallest absolute Gasteiger partial charge is 0.123 e. The lowest BCUT2D eigenvalue weighted by Gasteiger charge is -2.12. The highest BCUT2D eigenvalue weighted by Gasteiger charge is 2.19. The van der Waals surface area contributed by atoms with E-state index in [-0.39, 0.29) is 11.6 Å². The van der Waals surface area contributed by atoms with Crippen LogP contribution >= 0.6 is 0 Å². The minimum absolute atomic E-state index is 0.228. The van der Waals surface area contributed by atoms with Crippen LogP contribution in [0.15, 0.2) is 60.8 Å². The number of hydrogen-bond donors (Lipinski definition) is 0. The molecule has 0 unspecified atom stereocenters. The lowest BCUT2D eigenvalue weighted by molar-refractivity contribution is 0.625. The Balaban J connectivity index is 1.95. The van der Waals surface area contributed by atoms with Crippen molar-refractivity contribution < 1.29 is 8.78 Å². The van der Waals surface area contributed by atoms with Crippen molar-refractivity contribution in [3.8, 4) is 0 Å². The molecule has 0 aliphatic heterocycles. The molecule has 1 aromatic heterocycles. The van der Waals surface area contributed by atoms with E-state index in [0.29, 0.717) is 0 Å². The third-order valence-corrected chi connectivity index (χ3v) is 4.35. The van der Waals surface area contributed by atoms with E-state index in [1.165, 1.54) is 18.2 Å². The number of aromatic nitrogens is 1. The van der Waals surface area contributed by atoms with E-state index in [4.69, 9.17) is 0 Å². The Bertz CT molecular complexity index is 927. The molecular formula is C21H15F2N. The van der Waals surface area contributed by atoms with Gasteiger partial charge in [0.2, 0.25) is 0 Å². The SMILES string of the molecule is Fc1ccc(C=C2c3ccc(F)cc3CCc3ncccc32)cc1. The molecule has 1 aliphatic rings. The number of nitrogens with zero attached hydrogens (tertiary/aromatic N) is 1. The fourth-order valence-corrected chi connectivity index (χ4v) is 3.19. The second-order valence-electron chi connectivity index (χ2n) is 5.91. The highest BCUT2D eigenvalue weighted by atomic mass is 19.1. The molecular weight excluding hydrogens is 304 g/mol. The minimum Gasteiger partial charge on any atom is -0.261 e. The average Bonchev–Trinajstić information content (AvgIpc) is 2.74. The maximum Gasteiger partial charge on any atom is 0.123 e. The van der Waals surface area contributed by atoms with Gasteiger partial charge in [0.1, 0.15) is 11.6 Å². The monoisotopic (exact) mass is 319 g/mol. The molecule has 2 aromatic carbocycles. The average molecular weight is 319 g/mol. The normalized spacial score (nSPS) is 14.8. The van der Waals surface area contributed by atoms with E-state index in [1.54, 1.807) is 24.4 Å². The van der Waals surface area contributed by atoms with Crippen molar-refractivity contribution in [2.75, 3.05) is 0 Å². The van der Waals surface area contributed by atoms with Crippen molar-refractivity contribution in [2.45, 2.75) is 12.8 Å². The highest BCUT2D eigenvalue weighted by molar-refractivity contribution is 5.93. The molecule has 0 atom stereocenters. The molecule has 0 saturated heterocycles. The summed E-state index contributed by atoms with van der Waals surface area (Å²) in [6.07, 6.45) is 5.32. The molecule has 4 rings (SSSR count). The fourth-order valence-electron chi connectivity index (χ4n) is 3.19. The Morgan fingerprint density at radius 1 is 0.833 bits per heavy atom. The molecule has 0 bridgehead atoms. The first-order valence-electron chi connectivity index (χ1n) is 7.91. The van der Waals surface area contributed by atoms with Crippen LogP contribution in [0.5, 0.6) is 0 Å². The van der Waals surface area contributed by atoms with Gasteiger partial charge in [-0.1, -0.05) is 24.3 Å². The van der Waals surface area contributed by atoms with Crippen LogP contribution < -0.4 is 0 Å². The van der Waals surface area contributed by atoms with Crippen LogP contribution in [0.3, 0.4) is 0 Å². The molecule has 1 nitrogen and oxygen atoms in total. The standard InChI is InChI=1S/C21H15F2N/c22-16-6-3-14(4-7-16)12-20-18-9-8-17(23)13-15(18)5-10-21-19(20)2-1-11-24-21/h1-4,6-9,11-13H,5,10H2. The Kier molecular flexibility index (Phi) is 3.69. The summed E-state index contributed by atoms with van der Waals surface area (Å²) in [7, 11) is 0. The lowest BCUT2D eigenvalue weighted by Crippen LogP contribution is -1.95. The Labute approximate surface area is 139 Å². The topological polar surface area (TPSA) is 12.9 Å². The predicted molar refractivity (Wildman–Crippen MR) is 91.4 cm³/mol. The van der Waals surface area contributed by atoms with E-state index in [2.05, 4.69) is 4.98 Å². The number of hydrogen-bond acceptors (Lipinski definition) is 1. The zero-order valence-corrected chi connectivity index (χ0v) is 13.0. The third-order valence-electron chi connectivity index (χ3n) is 4.35. The van der Waals surface area contributed by atoms with Gasteiger partial charge in [-0.05, 0) is 71.5 Å². The number of aryl methyl sites for hydroxylation is 2. The van der Waals surface area contributed by atoms with Crippen LogP contribution in [-0.4, -0.2) is 4.98 Å². The minimum atomic E-state index is -0.262.